The molecule has 0 spiro atoms. The van der Waals surface area contributed by atoms with E-state index in [9.17, 15) is 27.2 Å². The zero-order valence-electron chi connectivity index (χ0n) is 15.9. The molecule has 0 radical (unpaired) electrons. The fourth-order valence-corrected chi connectivity index (χ4v) is 3.28. The lowest BCUT2D eigenvalue weighted by molar-refractivity contribution is -0.274. The number of nitrogens with one attached hydrogen (secondary N) is 1. The van der Waals surface area contributed by atoms with Gasteiger partial charge in [0.1, 0.15) is 17.6 Å². The number of rotatable bonds is 5. The molecule has 0 aliphatic carbocycles. The Labute approximate surface area is 170 Å². The number of likely N-dealkylation sites (tertiary alicyclic amines) is 1. The summed E-state index contributed by atoms with van der Waals surface area (Å²) >= 11 is 0. The molecule has 9 heteroatoms. The minimum Gasteiger partial charge on any atom is -0.406 e. The van der Waals surface area contributed by atoms with E-state index >= 15 is 0 Å². The second kappa shape index (κ2) is 9.15. The third kappa shape index (κ3) is 5.95. The van der Waals surface area contributed by atoms with Crippen molar-refractivity contribution in [2.45, 2.75) is 38.2 Å². The van der Waals surface area contributed by atoms with E-state index in [1.165, 1.54) is 42.5 Å². The number of alkyl halides is 3. The molecule has 1 N–H and O–H groups in total. The first kappa shape index (κ1) is 21.6. The van der Waals surface area contributed by atoms with Crippen LogP contribution in [0.4, 0.5) is 17.6 Å². The van der Waals surface area contributed by atoms with Crippen LogP contribution in [0.25, 0.3) is 0 Å². The number of carbonyl (C=O) groups excluding carboxylic acids is 2. The molecule has 0 bridgehead atoms. The van der Waals surface area contributed by atoms with E-state index in [0.29, 0.717) is 24.9 Å². The van der Waals surface area contributed by atoms with Gasteiger partial charge >= 0.3 is 6.36 Å². The van der Waals surface area contributed by atoms with E-state index < -0.39 is 24.1 Å². The first-order valence-electron chi connectivity index (χ1n) is 9.41. The smallest absolute Gasteiger partial charge is 0.406 e. The molecule has 0 aromatic heterocycles. The maximum absolute atomic E-state index is 13.3. The number of amides is 2. The molecule has 2 amide bonds. The molecule has 1 heterocycles. The van der Waals surface area contributed by atoms with E-state index in [1.807, 2.05) is 0 Å². The van der Waals surface area contributed by atoms with Crippen LogP contribution in [0.5, 0.6) is 5.75 Å². The Morgan fingerprint density at radius 3 is 2.53 bits per heavy atom. The van der Waals surface area contributed by atoms with Crippen LogP contribution in [0.1, 0.15) is 35.2 Å². The van der Waals surface area contributed by atoms with E-state index in [2.05, 4.69) is 10.1 Å². The van der Waals surface area contributed by atoms with E-state index in [1.54, 1.807) is 4.90 Å². The minimum atomic E-state index is -4.77. The molecule has 1 saturated heterocycles. The van der Waals surface area contributed by atoms with Gasteiger partial charge in [-0.1, -0.05) is 18.2 Å². The van der Waals surface area contributed by atoms with Gasteiger partial charge in [-0.2, -0.15) is 0 Å². The monoisotopic (exact) mass is 424 g/mol. The summed E-state index contributed by atoms with van der Waals surface area (Å²) in [4.78, 5) is 26.8. The Kier molecular flexibility index (Phi) is 6.59. The second-order valence-corrected chi connectivity index (χ2v) is 6.98. The molecule has 30 heavy (non-hydrogen) atoms. The molecule has 0 saturated carbocycles. The summed E-state index contributed by atoms with van der Waals surface area (Å²) in [6.07, 6.45) is -2.87. The summed E-state index contributed by atoms with van der Waals surface area (Å²) in [5, 5.41) is 2.66. The fraction of sp³-hybridized carbons (Fsp3) is 0.333. The van der Waals surface area contributed by atoms with Crippen molar-refractivity contribution in [3.05, 3.63) is 65.5 Å². The molecule has 2 aromatic carbocycles. The third-order valence-electron chi connectivity index (χ3n) is 4.70. The summed E-state index contributed by atoms with van der Waals surface area (Å²) < 4.78 is 54.0. The van der Waals surface area contributed by atoms with E-state index in [0.717, 1.165) is 12.5 Å². The number of nitrogens with zero attached hydrogens (tertiary/aromatic N) is 1. The standard InChI is InChI=1S/C21H20F4N2O3/c22-16-5-3-4-15(12-16)19(28)26-18-6-1-2-11-27(20(18)29)13-14-7-9-17(10-8-14)30-21(23,24)25/h3-5,7-10,12,18H,1-2,6,11,13H2,(H,26,28). The van der Waals surface area contributed by atoms with Gasteiger partial charge in [-0.25, -0.2) is 4.39 Å². The van der Waals surface area contributed by atoms with Crippen LogP contribution in [0.2, 0.25) is 0 Å². The fourth-order valence-electron chi connectivity index (χ4n) is 3.28. The predicted molar refractivity (Wildman–Crippen MR) is 100 cm³/mol. The van der Waals surface area contributed by atoms with Crippen molar-refractivity contribution in [3.8, 4) is 5.75 Å². The topological polar surface area (TPSA) is 58.6 Å². The SMILES string of the molecule is O=C(NC1CCCCN(Cc2ccc(OC(F)(F)F)cc2)C1=O)c1cccc(F)c1. The average molecular weight is 424 g/mol. The predicted octanol–water partition coefficient (Wildman–Crippen LogP) is 4.04. The summed E-state index contributed by atoms with van der Waals surface area (Å²) in [5.41, 5.74) is 0.758. The molecule has 160 valence electrons. The molecule has 1 aliphatic rings. The van der Waals surface area contributed by atoms with Gasteiger partial charge < -0.3 is 15.0 Å². The summed E-state index contributed by atoms with van der Waals surface area (Å²) in [5.74, 6) is -1.71. The first-order chi connectivity index (χ1) is 14.2. The second-order valence-electron chi connectivity index (χ2n) is 6.98. The van der Waals surface area contributed by atoms with Gasteiger partial charge in [0.2, 0.25) is 5.91 Å². The first-order valence-corrected chi connectivity index (χ1v) is 9.41. The van der Waals surface area contributed by atoms with Gasteiger partial charge in [-0.3, -0.25) is 9.59 Å². The Hall–Kier alpha value is -3.10. The Bertz CT molecular complexity index is 900. The lowest BCUT2D eigenvalue weighted by Gasteiger charge is -2.25. The lowest BCUT2D eigenvalue weighted by atomic mass is 10.1. The highest BCUT2D eigenvalue weighted by molar-refractivity contribution is 5.97. The third-order valence-corrected chi connectivity index (χ3v) is 4.70. The number of carbonyl (C=O) groups is 2. The van der Waals surface area contributed by atoms with Crippen LogP contribution in [-0.4, -0.2) is 35.7 Å². The van der Waals surface area contributed by atoms with Gasteiger partial charge in [0.05, 0.1) is 0 Å². The van der Waals surface area contributed by atoms with Gasteiger partial charge in [-0.05, 0) is 55.2 Å². The number of halogens is 4. The van der Waals surface area contributed by atoms with Crippen LogP contribution in [0.15, 0.2) is 48.5 Å². The van der Waals surface area contributed by atoms with E-state index in [4.69, 9.17) is 0 Å². The van der Waals surface area contributed by atoms with Crippen molar-refractivity contribution in [1.29, 1.82) is 0 Å². The van der Waals surface area contributed by atoms with Crippen LogP contribution in [0.3, 0.4) is 0 Å². The normalized spacial score (nSPS) is 17.4. The minimum absolute atomic E-state index is 0.124. The quantitative estimate of drug-likeness (QED) is 0.738. The van der Waals surface area contributed by atoms with Crippen molar-refractivity contribution < 1.29 is 31.9 Å². The Morgan fingerprint density at radius 2 is 1.87 bits per heavy atom. The largest absolute Gasteiger partial charge is 0.573 e. The zero-order valence-corrected chi connectivity index (χ0v) is 15.9. The molecular weight excluding hydrogens is 404 g/mol. The van der Waals surface area contributed by atoms with Crippen LogP contribution in [-0.2, 0) is 11.3 Å². The van der Waals surface area contributed by atoms with Gasteiger partial charge in [0.15, 0.2) is 0 Å². The van der Waals surface area contributed by atoms with Crippen molar-refractivity contribution in [3.63, 3.8) is 0 Å². The van der Waals surface area contributed by atoms with Crippen LogP contribution >= 0.6 is 0 Å². The van der Waals surface area contributed by atoms with Crippen LogP contribution < -0.4 is 10.1 Å². The highest BCUT2D eigenvalue weighted by Gasteiger charge is 2.31. The Morgan fingerprint density at radius 1 is 1.13 bits per heavy atom. The maximum atomic E-state index is 13.3. The van der Waals surface area contributed by atoms with Crippen molar-refractivity contribution in [2.75, 3.05) is 6.54 Å². The molecule has 1 atom stereocenters. The van der Waals surface area contributed by atoms with Crippen molar-refractivity contribution in [1.82, 2.24) is 10.2 Å². The van der Waals surface area contributed by atoms with E-state index in [-0.39, 0.29) is 23.8 Å². The highest BCUT2D eigenvalue weighted by atomic mass is 19.4. The molecular formula is C21H20F4N2O3. The number of hydrogen-bond acceptors (Lipinski definition) is 3. The molecule has 1 aliphatic heterocycles. The number of benzene rings is 2. The maximum Gasteiger partial charge on any atom is 0.573 e. The molecule has 1 fully saturated rings. The number of ether oxygens (including phenoxy) is 1. The van der Waals surface area contributed by atoms with Gasteiger partial charge in [-0.15, -0.1) is 13.2 Å². The highest BCUT2D eigenvalue weighted by Crippen LogP contribution is 2.23. The van der Waals surface area contributed by atoms with Gasteiger partial charge in [0, 0.05) is 18.7 Å². The van der Waals surface area contributed by atoms with Crippen molar-refractivity contribution >= 4 is 11.8 Å². The van der Waals surface area contributed by atoms with Crippen LogP contribution in [0, 0.1) is 5.82 Å². The molecule has 2 aromatic rings. The summed E-state index contributed by atoms with van der Waals surface area (Å²) in [7, 11) is 0. The van der Waals surface area contributed by atoms with Gasteiger partial charge in [0.25, 0.3) is 5.91 Å². The summed E-state index contributed by atoms with van der Waals surface area (Å²) in [6, 6.07) is 9.73. The lowest BCUT2D eigenvalue weighted by Crippen LogP contribution is -2.47. The number of hydrogen-bond donors (Lipinski definition) is 1. The molecule has 5 nitrogen and oxygen atoms in total. The average Bonchev–Trinajstić information content (AvgIpc) is 2.84. The van der Waals surface area contributed by atoms with Crippen molar-refractivity contribution in [2.24, 2.45) is 0 Å². The summed E-state index contributed by atoms with van der Waals surface area (Å²) in [6.45, 7) is 0.656. The Balaban J connectivity index is 1.65. The molecule has 1 unspecified atom stereocenters. The zero-order chi connectivity index (χ0) is 21.7. The molecule has 3 rings (SSSR count).